The molecule has 1 aromatic rings. The number of nitrogens with one attached hydrogen (secondary N) is 1. The van der Waals surface area contributed by atoms with Gasteiger partial charge in [-0.05, 0) is 37.1 Å². The van der Waals surface area contributed by atoms with Gasteiger partial charge in [-0.2, -0.15) is 0 Å². The van der Waals surface area contributed by atoms with E-state index in [0.29, 0.717) is 17.2 Å². The Balaban J connectivity index is 2.38. The van der Waals surface area contributed by atoms with Crippen LogP contribution >= 0.6 is 11.6 Å². The summed E-state index contributed by atoms with van der Waals surface area (Å²) in [5.74, 6) is 0.377. The minimum atomic E-state index is -0.508. The van der Waals surface area contributed by atoms with Crippen LogP contribution in [0.4, 0.5) is 0 Å². The van der Waals surface area contributed by atoms with Crippen LogP contribution in [0.5, 0.6) is 5.75 Å². The number of carbonyl (C=O) groups is 1. The summed E-state index contributed by atoms with van der Waals surface area (Å²) in [4.78, 5) is 11.4. The Kier molecular flexibility index (Phi) is 5.95. The van der Waals surface area contributed by atoms with Crippen molar-refractivity contribution in [1.82, 2.24) is 5.32 Å². The Morgan fingerprint density at radius 3 is 2.89 bits per heavy atom. The lowest BCUT2D eigenvalue weighted by Crippen LogP contribution is -2.35. The Hall–Kier alpha value is -1.26. The average molecular weight is 272 g/mol. The van der Waals surface area contributed by atoms with E-state index in [0.717, 1.165) is 5.56 Å². The zero-order valence-corrected chi connectivity index (χ0v) is 11.3. The van der Waals surface area contributed by atoms with E-state index in [2.05, 4.69) is 5.32 Å². The molecule has 4 nitrogen and oxygen atoms in total. The van der Waals surface area contributed by atoms with Crippen LogP contribution < -0.4 is 10.1 Å². The van der Waals surface area contributed by atoms with Gasteiger partial charge in [0, 0.05) is 11.6 Å². The number of hydrogen-bond acceptors (Lipinski definition) is 3. The smallest absolute Gasteiger partial charge is 0.258 e. The lowest BCUT2D eigenvalue weighted by atomic mass is 10.2. The van der Waals surface area contributed by atoms with E-state index < -0.39 is 6.10 Å². The van der Waals surface area contributed by atoms with Crippen molar-refractivity contribution in [2.75, 3.05) is 13.2 Å². The molecule has 5 heteroatoms. The van der Waals surface area contributed by atoms with E-state index in [4.69, 9.17) is 16.3 Å². The Morgan fingerprint density at radius 2 is 2.28 bits per heavy atom. The van der Waals surface area contributed by atoms with Crippen LogP contribution in [0.3, 0.4) is 0 Å². The van der Waals surface area contributed by atoms with Crippen molar-refractivity contribution in [3.05, 3.63) is 28.8 Å². The van der Waals surface area contributed by atoms with Gasteiger partial charge < -0.3 is 15.2 Å². The van der Waals surface area contributed by atoms with Crippen LogP contribution in [0.15, 0.2) is 18.2 Å². The summed E-state index contributed by atoms with van der Waals surface area (Å²) in [7, 11) is 0. The number of halogens is 1. The molecule has 0 spiro atoms. The number of aliphatic hydroxyl groups excluding tert-OH is 1. The molecule has 2 N–H and O–H groups in total. The van der Waals surface area contributed by atoms with Crippen molar-refractivity contribution in [2.45, 2.75) is 26.4 Å². The first-order chi connectivity index (χ1) is 8.52. The van der Waals surface area contributed by atoms with Gasteiger partial charge in [-0.15, -0.1) is 0 Å². The summed E-state index contributed by atoms with van der Waals surface area (Å²) in [6, 6.07) is 5.21. The van der Waals surface area contributed by atoms with E-state index in [1.54, 1.807) is 18.2 Å². The number of rotatable bonds is 6. The van der Waals surface area contributed by atoms with Crippen molar-refractivity contribution in [3.63, 3.8) is 0 Å². The summed E-state index contributed by atoms with van der Waals surface area (Å²) in [5.41, 5.74) is 0.879. The molecule has 0 aliphatic rings. The predicted octanol–water partition coefficient (Wildman–Crippen LogP) is 1.91. The average Bonchev–Trinajstić information content (AvgIpc) is 2.34. The highest BCUT2D eigenvalue weighted by molar-refractivity contribution is 6.30. The third-order valence-electron chi connectivity index (χ3n) is 2.50. The fourth-order valence-electron chi connectivity index (χ4n) is 1.35. The van der Waals surface area contributed by atoms with E-state index >= 15 is 0 Å². The first-order valence-electron chi connectivity index (χ1n) is 5.86. The summed E-state index contributed by atoms with van der Waals surface area (Å²) >= 11 is 5.82. The highest BCUT2D eigenvalue weighted by Gasteiger charge is 2.07. The van der Waals surface area contributed by atoms with Gasteiger partial charge in [-0.3, -0.25) is 4.79 Å². The monoisotopic (exact) mass is 271 g/mol. The van der Waals surface area contributed by atoms with Gasteiger partial charge >= 0.3 is 0 Å². The molecule has 0 aromatic heterocycles. The highest BCUT2D eigenvalue weighted by atomic mass is 35.5. The Bertz CT molecular complexity index is 409. The largest absolute Gasteiger partial charge is 0.484 e. The molecule has 1 aromatic carbocycles. The van der Waals surface area contributed by atoms with E-state index in [1.165, 1.54) is 0 Å². The number of amides is 1. The zero-order chi connectivity index (χ0) is 13.5. The second-order valence-corrected chi connectivity index (χ2v) is 4.50. The molecule has 0 bridgehead atoms. The third kappa shape index (κ3) is 4.94. The molecule has 0 unspecified atom stereocenters. The number of carbonyl (C=O) groups excluding carboxylic acids is 1. The normalized spacial score (nSPS) is 12.0. The molecule has 100 valence electrons. The summed E-state index contributed by atoms with van der Waals surface area (Å²) in [6.07, 6.45) is 0.100. The summed E-state index contributed by atoms with van der Waals surface area (Å²) in [6.45, 7) is 3.89. The molecule has 1 amide bonds. The second kappa shape index (κ2) is 7.24. The summed E-state index contributed by atoms with van der Waals surface area (Å²) < 4.78 is 5.37. The van der Waals surface area contributed by atoms with Crippen LogP contribution in [-0.2, 0) is 4.79 Å². The highest BCUT2D eigenvalue weighted by Crippen LogP contribution is 2.21. The Morgan fingerprint density at radius 1 is 1.56 bits per heavy atom. The Labute approximate surface area is 112 Å². The van der Waals surface area contributed by atoms with Gasteiger partial charge in [0.2, 0.25) is 0 Å². The van der Waals surface area contributed by atoms with Crippen LogP contribution in [0.2, 0.25) is 5.02 Å². The molecule has 0 aliphatic carbocycles. The van der Waals surface area contributed by atoms with Crippen molar-refractivity contribution in [1.29, 1.82) is 0 Å². The molecule has 1 atom stereocenters. The first-order valence-corrected chi connectivity index (χ1v) is 6.24. The van der Waals surface area contributed by atoms with E-state index in [9.17, 15) is 9.90 Å². The number of benzene rings is 1. The fraction of sp³-hybridized carbons (Fsp3) is 0.462. The van der Waals surface area contributed by atoms with Gasteiger partial charge in [0.15, 0.2) is 6.61 Å². The minimum absolute atomic E-state index is 0.0705. The van der Waals surface area contributed by atoms with E-state index in [1.807, 2.05) is 13.8 Å². The maximum atomic E-state index is 11.4. The maximum Gasteiger partial charge on any atom is 0.258 e. The van der Waals surface area contributed by atoms with Gasteiger partial charge in [0.1, 0.15) is 5.75 Å². The first kappa shape index (κ1) is 14.8. The molecule has 0 heterocycles. The maximum absolute atomic E-state index is 11.4. The van der Waals surface area contributed by atoms with Gasteiger partial charge in [-0.25, -0.2) is 0 Å². The fourth-order valence-corrected chi connectivity index (χ4v) is 1.57. The molecule has 0 fully saturated rings. The molecular formula is C13H18ClNO3. The van der Waals surface area contributed by atoms with Crippen LogP contribution in [0.1, 0.15) is 18.9 Å². The SMILES string of the molecule is CC[C@H](O)CNC(=O)COc1ccc(Cl)cc1C. The molecule has 0 radical (unpaired) electrons. The molecule has 0 saturated carbocycles. The molecule has 18 heavy (non-hydrogen) atoms. The molecule has 0 aliphatic heterocycles. The van der Waals surface area contributed by atoms with Crippen LogP contribution in [-0.4, -0.2) is 30.3 Å². The standard InChI is InChI=1S/C13H18ClNO3/c1-3-11(16)7-15-13(17)8-18-12-5-4-10(14)6-9(12)2/h4-6,11,16H,3,7-8H2,1-2H3,(H,15,17)/t11-/m0/s1. The minimum Gasteiger partial charge on any atom is -0.484 e. The number of hydrogen-bond donors (Lipinski definition) is 2. The second-order valence-electron chi connectivity index (χ2n) is 4.06. The molecule has 0 saturated heterocycles. The van der Waals surface area contributed by atoms with E-state index in [-0.39, 0.29) is 19.1 Å². The lowest BCUT2D eigenvalue weighted by molar-refractivity contribution is -0.123. The lowest BCUT2D eigenvalue weighted by Gasteiger charge is -2.11. The van der Waals surface area contributed by atoms with Gasteiger partial charge in [-0.1, -0.05) is 18.5 Å². The van der Waals surface area contributed by atoms with Crippen molar-refractivity contribution in [3.8, 4) is 5.75 Å². The predicted molar refractivity (Wildman–Crippen MR) is 71.0 cm³/mol. The molecular weight excluding hydrogens is 254 g/mol. The van der Waals surface area contributed by atoms with Crippen molar-refractivity contribution >= 4 is 17.5 Å². The van der Waals surface area contributed by atoms with Crippen LogP contribution in [0, 0.1) is 6.92 Å². The van der Waals surface area contributed by atoms with Gasteiger partial charge in [0.05, 0.1) is 6.10 Å². The molecule has 1 rings (SSSR count). The number of aliphatic hydroxyl groups is 1. The zero-order valence-electron chi connectivity index (χ0n) is 10.6. The number of aryl methyl sites for hydroxylation is 1. The topological polar surface area (TPSA) is 58.6 Å². The third-order valence-corrected chi connectivity index (χ3v) is 2.74. The van der Waals surface area contributed by atoms with Gasteiger partial charge in [0.25, 0.3) is 5.91 Å². The quantitative estimate of drug-likeness (QED) is 0.831. The van der Waals surface area contributed by atoms with Crippen LogP contribution in [0.25, 0.3) is 0 Å². The summed E-state index contributed by atoms with van der Waals surface area (Å²) in [5, 5.41) is 12.5. The number of ether oxygens (including phenoxy) is 1. The van der Waals surface area contributed by atoms with Crippen molar-refractivity contribution < 1.29 is 14.6 Å². The van der Waals surface area contributed by atoms with Crippen molar-refractivity contribution in [2.24, 2.45) is 0 Å².